The van der Waals surface area contributed by atoms with Crippen LogP contribution in [-0.2, 0) is 19.1 Å². The summed E-state index contributed by atoms with van der Waals surface area (Å²) in [5.74, 6) is -0.698. The molecule has 5 heteroatoms. The molecule has 0 aromatic carbocycles. The van der Waals surface area contributed by atoms with Crippen molar-refractivity contribution in [3.8, 4) is 0 Å². The van der Waals surface area contributed by atoms with Crippen LogP contribution in [0.4, 0.5) is 0 Å². The van der Waals surface area contributed by atoms with Crippen LogP contribution in [0.15, 0.2) is 24.3 Å². The molecule has 0 bridgehead atoms. The van der Waals surface area contributed by atoms with E-state index in [1.165, 1.54) is 7.11 Å². The monoisotopic (exact) mass is 244 g/mol. The van der Waals surface area contributed by atoms with Gasteiger partial charge in [-0.1, -0.05) is 12.7 Å². The van der Waals surface area contributed by atoms with Gasteiger partial charge < -0.3 is 14.6 Å². The Labute approximate surface area is 102 Å². The second kappa shape index (κ2) is 12.4. The number of hydrogen-bond donors (Lipinski definition) is 1. The van der Waals surface area contributed by atoms with Crippen LogP contribution in [-0.4, -0.2) is 37.4 Å². The number of rotatable bonds is 5. The predicted molar refractivity (Wildman–Crippen MR) is 64.3 cm³/mol. The fourth-order valence-electron chi connectivity index (χ4n) is 0.544. The Hall–Kier alpha value is -1.62. The molecule has 0 aromatic heterocycles. The first-order valence-electron chi connectivity index (χ1n) is 5.14. The summed E-state index contributed by atoms with van der Waals surface area (Å²) in [7, 11) is 1.31. The molecule has 17 heavy (non-hydrogen) atoms. The zero-order valence-electron chi connectivity index (χ0n) is 10.6. The quantitative estimate of drug-likeness (QED) is 0.447. The molecular weight excluding hydrogens is 224 g/mol. The topological polar surface area (TPSA) is 72.8 Å². The smallest absolute Gasteiger partial charge is 0.333 e. The van der Waals surface area contributed by atoms with Crippen LogP contribution in [0.25, 0.3) is 0 Å². The van der Waals surface area contributed by atoms with Crippen molar-refractivity contribution in [3.05, 3.63) is 24.3 Å². The van der Waals surface area contributed by atoms with Crippen LogP contribution in [0.5, 0.6) is 0 Å². The summed E-state index contributed by atoms with van der Waals surface area (Å²) in [6.45, 7) is 6.98. The van der Waals surface area contributed by atoms with E-state index in [2.05, 4.69) is 11.3 Å². The molecule has 0 atom stereocenters. The SMILES string of the molecule is C=CC(=O)OC.CC=C(C)C(=O)OCCCO. The number of allylic oxidation sites excluding steroid dienone is 1. The Morgan fingerprint density at radius 3 is 2.29 bits per heavy atom. The summed E-state index contributed by atoms with van der Waals surface area (Å²) in [6.07, 6.45) is 3.31. The first kappa shape index (κ1) is 17.8. The Kier molecular flexibility index (Phi) is 13.0. The van der Waals surface area contributed by atoms with Crippen molar-refractivity contribution >= 4 is 11.9 Å². The number of aliphatic hydroxyl groups excluding tert-OH is 1. The Morgan fingerprint density at radius 1 is 1.41 bits per heavy atom. The van der Waals surface area contributed by atoms with E-state index in [0.29, 0.717) is 18.6 Å². The van der Waals surface area contributed by atoms with Crippen molar-refractivity contribution in [1.82, 2.24) is 0 Å². The van der Waals surface area contributed by atoms with Crippen molar-refractivity contribution in [3.63, 3.8) is 0 Å². The maximum absolute atomic E-state index is 10.9. The van der Waals surface area contributed by atoms with Gasteiger partial charge >= 0.3 is 11.9 Å². The van der Waals surface area contributed by atoms with Crippen LogP contribution in [0.1, 0.15) is 20.3 Å². The number of hydrogen-bond acceptors (Lipinski definition) is 5. The van der Waals surface area contributed by atoms with Gasteiger partial charge in [-0.05, 0) is 13.8 Å². The van der Waals surface area contributed by atoms with Crippen molar-refractivity contribution in [2.45, 2.75) is 20.3 Å². The molecule has 0 aromatic rings. The lowest BCUT2D eigenvalue weighted by Gasteiger charge is -2.01. The maximum atomic E-state index is 10.9. The molecule has 0 spiro atoms. The number of methoxy groups -OCH3 is 1. The standard InChI is InChI=1S/C8H14O3.C4H6O2/c1-3-7(2)8(10)11-6-4-5-9;1-3-4(5)6-2/h3,9H,4-6H2,1-2H3;3H,1H2,2H3. The van der Waals surface area contributed by atoms with Crippen molar-refractivity contribution in [2.24, 2.45) is 0 Å². The molecule has 5 nitrogen and oxygen atoms in total. The van der Waals surface area contributed by atoms with Crippen LogP contribution >= 0.6 is 0 Å². The van der Waals surface area contributed by atoms with Crippen LogP contribution in [0.3, 0.4) is 0 Å². The summed E-state index contributed by atoms with van der Waals surface area (Å²) < 4.78 is 8.91. The van der Waals surface area contributed by atoms with E-state index in [-0.39, 0.29) is 12.6 Å². The van der Waals surface area contributed by atoms with Gasteiger partial charge in [0.15, 0.2) is 0 Å². The van der Waals surface area contributed by atoms with Gasteiger partial charge in [0.25, 0.3) is 0 Å². The Balaban J connectivity index is 0. The third-order valence-electron chi connectivity index (χ3n) is 1.66. The Bertz CT molecular complexity index is 268. The van der Waals surface area contributed by atoms with E-state index in [4.69, 9.17) is 9.84 Å². The van der Waals surface area contributed by atoms with Gasteiger partial charge in [0.2, 0.25) is 0 Å². The van der Waals surface area contributed by atoms with Gasteiger partial charge in [0.05, 0.1) is 13.7 Å². The normalized spacial score (nSPS) is 9.76. The average molecular weight is 244 g/mol. The molecule has 0 saturated carbocycles. The van der Waals surface area contributed by atoms with Gasteiger partial charge in [0, 0.05) is 24.7 Å². The molecule has 0 aliphatic carbocycles. The number of ether oxygens (including phenoxy) is 2. The lowest BCUT2D eigenvalue weighted by atomic mass is 10.3. The summed E-state index contributed by atoms with van der Waals surface area (Å²) in [6, 6.07) is 0. The molecule has 1 N–H and O–H groups in total. The fraction of sp³-hybridized carbons (Fsp3) is 0.500. The largest absolute Gasteiger partial charge is 0.466 e. The molecule has 0 radical (unpaired) electrons. The summed E-state index contributed by atoms with van der Waals surface area (Å²) in [5, 5.41) is 8.37. The molecule has 0 aliphatic rings. The first-order chi connectivity index (χ1) is 8.03. The predicted octanol–water partition coefficient (Wildman–Crippen LogP) is 1.22. The molecule has 0 amide bonds. The number of aliphatic hydroxyl groups is 1. The number of carbonyl (C=O) groups is 2. The third kappa shape index (κ3) is 12.3. The highest BCUT2D eigenvalue weighted by molar-refractivity contribution is 5.87. The summed E-state index contributed by atoms with van der Waals surface area (Å²) in [4.78, 5) is 20.7. The van der Waals surface area contributed by atoms with Crippen LogP contribution < -0.4 is 0 Å². The molecule has 0 heterocycles. The van der Waals surface area contributed by atoms with E-state index < -0.39 is 5.97 Å². The Morgan fingerprint density at radius 2 is 2.00 bits per heavy atom. The highest BCUT2D eigenvalue weighted by Gasteiger charge is 2.02. The van der Waals surface area contributed by atoms with Gasteiger partial charge in [0.1, 0.15) is 0 Å². The van der Waals surface area contributed by atoms with Crippen molar-refractivity contribution in [2.75, 3.05) is 20.3 Å². The van der Waals surface area contributed by atoms with Crippen molar-refractivity contribution < 1.29 is 24.2 Å². The molecule has 0 saturated heterocycles. The number of carbonyl (C=O) groups excluding carboxylic acids is 2. The minimum absolute atomic E-state index is 0.0577. The third-order valence-corrected chi connectivity index (χ3v) is 1.66. The molecule has 0 unspecified atom stereocenters. The van der Waals surface area contributed by atoms with Gasteiger partial charge in [-0.3, -0.25) is 0 Å². The second-order valence-electron chi connectivity index (χ2n) is 2.91. The molecule has 0 fully saturated rings. The van der Waals surface area contributed by atoms with E-state index in [0.717, 1.165) is 6.08 Å². The first-order valence-corrected chi connectivity index (χ1v) is 5.14. The van der Waals surface area contributed by atoms with Crippen LogP contribution in [0.2, 0.25) is 0 Å². The molecular formula is C12H20O5. The van der Waals surface area contributed by atoms with Gasteiger partial charge in [-0.15, -0.1) is 0 Å². The summed E-state index contributed by atoms with van der Waals surface area (Å²) >= 11 is 0. The van der Waals surface area contributed by atoms with Gasteiger partial charge in [-0.2, -0.15) is 0 Å². The average Bonchev–Trinajstić information content (AvgIpc) is 2.37. The highest BCUT2D eigenvalue weighted by atomic mass is 16.5. The second-order valence-corrected chi connectivity index (χ2v) is 2.91. The molecule has 0 aliphatic heterocycles. The van der Waals surface area contributed by atoms with Crippen LogP contribution in [0, 0.1) is 0 Å². The summed E-state index contributed by atoms with van der Waals surface area (Å²) in [5.41, 5.74) is 0.600. The minimum atomic E-state index is -0.394. The zero-order chi connectivity index (χ0) is 13.7. The lowest BCUT2D eigenvalue weighted by molar-refractivity contribution is -0.139. The molecule has 0 rings (SSSR count). The minimum Gasteiger partial charge on any atom is -0.466 e. The van der Waals surface area contributed by atoms with E-state index in [9.17, 15) is 9.59 Å². The fourth-order valence-corrected chi connectivity index (χ4v) is 0.544. The number of esters is 2. The van der Waals surface area contributed by atoms with E-state index in [1.807, 2.05) is 0 Å². The maximum Gasteiger partial charge on any atom is 0.333 e. The zero-order valence-corrected chi connectivity index (χ0v) is 10.6. The lowest BCUT2D eigenvalue weighted by Crippen LogP contribution is -2.07. The highest BCUT2D eigenvalue weighted by Crippen LogP contribution is 1.95. The van der Waals surface area contributed by atoms with Crippen molar-refractivity contribution in [1.29, 1.82) is 0 Å². The van der Waals surface area contributed by atoms with Gasteiger partial charge in [-0.25, -0.2) is 9.59 Å². The molecule has 98 valence electrons. The van der Waals surface area contributed by atoms with E-state index >= 15 is 0 Å². The van der Waals surface area contributed by atoms with E-state index in [1.54, 1.807) is 19.9 Å².